The van der Waals surface area contributed by atoms with Gasteiger partial charge in [-0.1, -0.05) is 47.7 Å². The van der Waals surface area contributed by atoms with Gasteiger partial charge in [0, 0.05) is 0 Å². The van der Waals surface area contributed by atoms with Gasteiger partial charge in [-0.15, -0.1) is 0 Å². The second kappa shape index (κ2) is 8.51. The number of furan rings is 1. The van der Waals surface area contributed by atoms with E-state index >= 15 is 0 Å². The van der Waals surface area contributed by atoms with Crippen molar-refractivity contribution in [2.75, 3.05) is 6.61 Å². The first-order chi connectivity index (χ1) is 14.6. The van der Waals surface area contributed by atoms with Crippen molar-refractivity contribution in [3.05, 3.63) is 97.1 Å². The summed E-state index contributed by atoms with van der Waals surface area (Å²) in [5.74, 6) is 0.237. The molecule has 3 aromatic rings. The number of thiazole rings is 1. The van der Waals surface area contributed by atoms with E-state index in [1.54, 1.807) is 49.0 Å². The van der Waals surface area contributed by atoms with E-state index in [9.17, 15) is 9.59 Å². The van der Waals surface area contributed by atoms with E-state index in [1.807, 2.05) is 36.4 Å². The van der Waals surface area contributed by atoms with E-state index in [4.69, 9.17) is 9.15 Å². The first kappa shape index (κ1) is 19.8. The van der Waals surface area contributed by atoms with E-state index < -0.39 is 12.0 Å². The summed E-state index contributed by atoms with van der Waals surface area (Å²) in [6.07, 6.45) is 6.87. The molecule has 0 bridgehead atoms. The van der Waals surface area contributed by atoms with Gasteiger partial charge in [-0.3, -0.25) is 9.36 Å². The Morgan fingerprint density at radius 1 is 1.27 bits per heavy atom. The lowest BCUT2D eigenvalue weighted by atomic mass is 9.96. The molecule has 0 amide bonds. The molecule has 6 nitrogen and oxygen atoms in total. The Kier molecular flexibility index (Phi) is 5.63. The Hall–Kier alpha value is -3.45. The maximum Gasteiger partial charge on any atom is 0.338 e. The van der Waals surface area contributed by atoms with Gasteiger partial charge >= 0.3 is 5.97 Å². The van der Waals surface area contributed by atoms with E-state index in [0.717, 1.165) is 5.56 Å². The predicted octanol–water partition coefficient (Wildman–Crippen LogP) is 3.06. The zero-order chi connectivity index (χ0) is 21.1. The number of rotatable bonds is 5. The van der Waals surface area contributed by atoms with Crippen LogP contribution in [0.1, 0.15) is 31.2 Å². The van der Waals surface area contributed by atoms with Gasteiger partial charge in [0.15, 0.2) is 4.80 Å². The molecule has 1 atom stereocenters. The molecule has 0 saturated heterocycles. The van der Waals surface area contributed by atoms with E-state index in [-0.39, 0.29) is 12.2 Å². The maximum absolute atomic E-state index is 13.3. The Labute approximate surface area is 176 Å². The average molecular weight is 420 g/mol. The predicted molar refractivity (Wildman–Crippen MR) is 115 cm³/mol. The second-order valence-electron chi connectivity index (χ2n) is 6.61. The third-order valence-corrected chi connectivity index (χ3v) is 5.68. The number of esters is 1. The molecule has 4 rings (SSSR count). The Balaban J connectivity index is 1.87. The number of hydrogen-bond acceptors (Lipinski definition) is 6. The van der Waals surface area contributed by atoms with Crippen molar-refractivity contribution in [3.8, 4) is 0 Å². The second-order valence-corrected chi connectivity index (χ2v) is 7.62. The highest BCUT2D eigenvalue weighted by Gasteiger charge is 2.33. The number of hydrogen-bond donors (Lipinski definition) is 0. The molecular weight excluding hydrogens is 400 g/mol. The van der Waals surface area contributed by atoms with Gasteiger partial charge in [-0.25, -0.2) is 9.79 Å². The Morgan fingerprint density at radius 3 is 2.77 bits per heavy atom. The van der Waals surface area contributed by atoms with Crippen molar-refractivity contribution in [2.45, 2.75) is 19.9 Å². The number of aromatic nitrogens is 1. The maximum atomic E-state index is 13.3. The number of benzene rings is 1. The normalized spacial score (nSPS) is 16.6. The lowest BCUT2D eigenvalue weighted by molar-refractivity contribution is -0.139. The molecule has 0 radical (unpaired) electrons. The molecule has 1 aromatic carbocycles. The summed E-state index contributed by atoms with van der Waals surface area (Å²) in [5, 5.41) is 0. The summed E-state index contributed by atoms with van der Waals surface area (Å²) in [4.78, 5) is 31.1. The molecule has 0 spiro atoms. The van der Waals surface area contributed by atoms with Crippen molar-refractivity contribution in [1.29, 1.82) is 0 Å². The van der Waals surface area contributed by atoms with Crippen molar-refractivity contribution < 1.29 is 13.9 Å². The molecule has 1 aliphatic heterocycles. The molecule has 0 N–H and O–H groups in total. The van der Waals surface area contributed by atoms with Crippen molar-refractivity contribution in [1.82, 2.24) is 4.57 Å². The van der Waals surface area contributed by atoms with E-state index in [2.05, 4.69) is 4.99 Å². The van der Waals surface area contributed by atoms with Crippen LogP contribution in [0.3, 0.4) is 0 Å². The Morgan fingerprint density at radius 2 is 2.07 bits per heavy atom. The fourth-order valence-electron chi connectivity index (χ4n) is 3.37. The molecule has 3 heterocycles. The molecule has 0 aliphatic carbocycles. The van der Waals surface area contributed by atoms with Crippen LogP contribution >= 0.6 is 11.3 Å². The summed E-state index contributed by atoms with van der Waals surface area (Å²) in [6, 6.07) is 12.5. The van der Waals surface area contributed by atoms with E-state index in [0.29, 0.717) is 26.4 Å². The molecule has 7 heteroatoms. The average Bonchev–Trinajstić information content (AvgIpc) is 3.36. The van der Waals surface area contributed by atoms with Crippen LogP contribution in [0.4, 0.5) is 0 Å². The van der Waals surface area contributed by atoms with Gasteiger partial charge in [0.1, 0.15) is 5.76 Å². The topological polar surface area (TPSA) is 73.8 Å². The van der Waals surface area contributed by atoms with Crippen LogP contribution in [0.5, 0.6) is 0 Å². The van der Waals surface area contributed by atoms with Crippen LogP contribution in [0.25, 0.3) is 12.2 Å². The number of fused-ring (bicyclic) bond motifs is 1. The summed E-state index contributed by atoms with van der Waals surface area (Å²) < 4.78 is 12.6. The van der Waals surface area contributed by atoms with Gasteiger partial charge in [0.2, 0.25) is 0 Å². The summed E-state index contributed by atoms with van der Waals surface area (Å²) in [6.45, 7) is 3.78. The molecule has 2 aromatic heterocycles. The lowest BCUT2D eigenvalue weighted by Crippen LogP contribution is -2.39. The molecular formula is C23H20N2O4S. The van der Waals surface area contributed by atoms with Crippen molar-refractivity contribution in [2.24, 2.45) is 4.99 Å². The van der Waals surface area contributed by atoms with Gasteiger partial charge < -0.3 is 9.15 Å². The lowest BCUT2D eigenvalue weighted by Gasteiger charge is -2.24. The van der Waals surface area contributed by atoms with Crippen LogP contribution in [0.2, 0.25) is 0 Å². The quantitative estimate of drug-likeness (QED) is 0.595. The minimum Gasteiger partial charge on any atom is -0.465 e. The van der Waals surface area contributed by atoms with Crippen LogP contribution in [-0.4, -0.2) is 17.1 Å². The van der Waals surface area contributed by atoms with Crippen LogP contribution in [0, 0.1) is 0 Å². The van der Waals surface area contributed by atoms with Crippen molar-refractivity contribution in [3.63, 3.8) is 0 Å². The minimum absolute atomic E-state index is 0.203. The van der Waals surface area contributed by atoms with Crippen LogP contribution in [0.15, 0.2) is 80.3 Å². The van der Waals surface area contributed by atoms with Gasteiger partial charge in [0.05, 0.1) is 34.7 Å². The highest BCUT2D eigenvalue weighted by atomic mass is 32.1. The number of carbonyl (C=O) groups excluding carboxylic acids is 1. The van der Waals surface area contributed by atoms with Crippen LogP contribution in [-0.2, 0) is 9.53 Å². The number of nitrogens with zero attached hydrogens (tertiary/aromatic N) is 2. The smallest absolute Gasteiger partial charge is 0.338 e. The first-order valence-electron chi connectivity index (χ1n) is 9.55. The Bertz CT molecular complexity index is 1300. The first-order valence-corrected chi connectivity index (χ1v) is 10.4. The summed E-state index contributed by atoms with van der Waals surface area (Å²) >= 11 is 1.29. The summed E-state index contributed by atoms with van der Waals surface area (Å²) in [5.41, 5.74) is 1.56. The zero-order valence-electron chi connectivity index (χ0n) is 16.6. The third-order valence-electron chi connectivity index (χ3n) is 4.68. The molecule has 0 fully saturated rings. The monoisotopic (exact) mass is 420 g/mol. The number of allylic oxidation sites excluding steroid dienone is 2. The fraction of sp³-hybridized carbons (Fsp3) is 0.174. The molecule has 152 valence electrons. The molecule has 30 heavy (non-hydrogen) atoms. The number of ether oxygens (including phenoxy) is 1. The van der Waals surface area contributed by atoms with Gasteiger partial charge in [-0.2, -0.15) is 0 Å². The SMILES string of the molecule is CCOC(=O)C1=C(C)N=c2s/c(=C/C=C/c3ccco3)c(=O)n2C1c1ccccc1. The van der Waals surface area contributed by atoms with Gasteiger partial charge in [0.25, 0.3) is 5.56 Å². The number of carbonyl (C=O) groups is 1. The molecule has 1 unspecified atom stereocenters. The highest BCUT2D eigenvalue weighted by Crippen LogP contribution is 2.30. The standard InChI is InChI=1S/C23H20N2O4S/c1-3-28-22(27)19-15(2)24-23-25(20(19)16-9-5-4-6-10-16)21(26)18(30-23)13-7-11-17-12-8-14-29-17/h4-14,20H,3H2,1-2H3/b11-7+,18-13+. The van der Waals surface area contributed by atoms with Gasteiger partial charge in [-0.05, 0) is 43.7 Å². The fourth-order valence-corrected chi connectivity index (χ4v) is 4.37. The van der Waals surface area contributed by atoms with E-state index in [1.165, 1.54) is 11.3 Å². The van der Waals surface area contributed by atoms with Crippen LogP contribution < -0.4 is 14.9 Å². The third kappa shape index (κ3) is 3.71. The largest absolute Gasteiger partial charge is 0.465 e. The highest BCUT2D eigenvalue weighted by molar-refractivity contribution is 7.07. The molecule has 1 aliphatic rings. The van der Waals surface area contributed by atoms with Crippen molar-refractivity contribution >= 4 is 29.5 Å². The zero-order valence-corrected chi connectivity index (χ0v) is 17.4. The summed E-state index contributed by atoms with van der Waals surface area (Å²) in [7, 11) is 0. The minimum atomic E-state index is -0.585. The molecule has 0 saturated carbocycles.